The topological polar surface area (TPSA) is 0 Å². The van der Waals surface area contributed by atoms with Gasteiger partial charge in [0.15, 0.2) is 0 Å². The zero-order valence-electron chi connectivity index (χ0n) is 22.5. The van der Waals surface area contributed by atoms with Gasteiger partial charge in [-0.25, -0.2) is 0 Å². The van der Waals surface area contributed by atoms with Crippen LogP contribution in [0.5, 0.6) is 0 Å². The molecule has 2 aliphatic carbocycles. The van der Waals surface area contributed by atoms with Gasteiger partial charge in [0.05, 0.1) is 0 Å². The van der Waals surface area contributed by atoms with Crippen molar-refractivity contribution in [3.63, 3.8) is 0 Å². The van der Waals surface area contributed by atoms with E-state index in [9.17, 15) is 0 Å². The Labute approximate surface area is 230 Å². The summed E-state index contributed by atoms with van der Waals surface area (Å²) in [5.74, 6) is 0. The van der Waals surface area contributed by atoms with Gasteiger partial charge in [0, 0.05) is 0 Å². The molecule has 0 aliphatic heterocycles. The second-order valence-corrected chi connectivity index (χ2v) is 22.3. The van der Waals surface area contributed by atoms with Crippen molar-refractivity contribution in [3.05, 3.63) is 131 Å². The second kappa shape index (κ2) is 9.85. The Kier molecular flexibility index (Phi) is 7.08. The van der Waals surface area contributed by atoms with Crippen molar-refractivity contribution in [2.24, 2.45) is 5.41 Å². The van der Waals surface area contributed by atoms with Crippen LogP contribution in [-0.2, 0) is 28.5 Å². The number of benzene rings is 3. The van der Waals surface area contributed by atoms with Gasteiger partial charge in [-0.2, -0.15) is 0 Å². The third-order valence-electron chi connectivity index (χ3n) is 9.06. The first-order chi connectivity index (χ1) is 17.2. The first-order valence-electron chi connectivity index (χ1n) is 13.1. The predicted molar refractivity (Wildman–Crippen MR) is 156 cm³/mol. The third kappa shape index (κ3) is 4.23. The average Bonchev–Trinajstić information content (AvgIpc) is 3.28. The molecule has 0 N–H and O–H groups in total. The fourth-order valence-corrected chi connectivity index (χ4v) is 25.7. The number of hydrogen-bond acceptors (Lipinski definition) is 0. The van der Waals surface area contributed by atoms with Crippen molar-refractivity contribution in [3.8, 4) is 0 Å². The molecule has 1 atom stereocenters. The van der Waals surface area contributed by atoms with Gasteiger partial charge >= 0.3 is 232 Å². The molecule has 0 saturated heterocycles. The Morgan fingerprint density at radius 1 is 0.722 bits per heavy atom. The fourth-order valence-electron chi connectivity index (χ4n) is 7.34. The van der Waals surface area contributed by atoms with Crippen LogP contribution in [0, 0.1) is 5.41 Å². The summed E-state index contributed by atoms with van der Waals surface area (Å²) in [5, 5.41) is 0. The van der Waals surface area contributed by atoms with Gasteiger partial charge in [-0.3, -0.25) is 0 Å². The van der Waals surface area contributed by atoms with Gasteiger partial charge in [-0.15, -0.1) is 0 Å². The monoisotopic (exact) mass is 614 g/mol. The minimum absolute atomic E-state index is 0.0862. The van der Waals surface area contributed by atoms with Crippen LogP contribution in [-0.4, -0.2) is 0 Å². The molecule has 36 heavy (non-hydrogen) atoms. The summed E-state index contributed by atoms with van der Waals surface area (Å²) in [6, 6.07) is 29.6. The molecule has 3 aromatic rings. The summed E-state index contributed by atoms with van der Waals surface area (Å²) in [4.78, 5) is 0. The van der Waals surface area contributed by atoms with Gasteiger partial charge in [-0.05, 0) is 0 Å². The molecule has 0 amide bonds. The molecule has 184 valence electrons. The van der Waals surface area contributed by atoms with Gasteiger partial charge in [0.25, 0.3) is 0 Å². The Hall–Kier alpha value is -1.76. The summed E-state index contributed by atoms with van der Waals surface area (Å²) >= 11 is 0.504. The van der Waals surface area contributed by atoms with Crippen molar-refractivity contribution in [1.82, 2.24) is 0 Å². The van der Waals surface area contributed by atoms with Crippen LogP contribution in [0.4, 0.5) is 0 Å². The SMILES string of the molecule is CC1=Cc2c(Br)cccc2[CH]1[Zr]([CH2]c1ccccc1)([CH2]c1ccccc1)[C]1=C(C)C(C)=C(C)C1(C)C. The summed E-state index contributed by atoms with van der Waals surface area (Å²) in [6.07, 6.45) is 2.48. The third-order valence-corrected chi connectivity index (χ3v) is 24.4. The van der Waals surface area contributed by atoms with Gasteiger partial charge < -0.3 is 0 Å². The average molecular weight is 617 g/mol. The zero-order valence-corrected chi connectivity index (χ0v) is 26.5. The van der Waals surface area contributed by atoms with E-state index in [1.54, 1.807) is 22.3 Å². The summed E-state index contributed by atoms with van der Waals surface area (Å²) in [5.41, 5.74) is 12.2. The molecule has 0 radical (unpaired) electrons. The van der Waals surface area contributed by atoms with Gasteiger partial charge in [0.1, 0.15) is 0 Å². The Morgan fingerprint density at radius 3 is 1.78 bits per heavy atom. The summed E-state index contributed by atoms with van der Waals surface area (Å²) in [7, 11) is 0. The van der Waals surface area contributed by atoms with E-state index in [1.165, 1.54) is 35.0 Å². The van der Waals surface area contributed by atoms with E-state index in [0.717, 1.165) is 0 Å². The van der Waals surface area contributed by atoms with E-state index in [-0.39, 0.29) is 5.41 Å². The molecule has 0 aromatic heterocycles. The Bertz CT molecular complexity index is 1350. The van der Waals surface area contributed by atoms with Crippen molar-refractivity contribution in [2.45, 2.75) is 53.4 Å². The van der Waals surface area contributed by atoms with E-state index in [1.807, 2.05) is 3.28 Å². The number of halogens is 1. The van der Waals surface area contributed by atoms with E-state index >= 15 is 0 Å². The van der Waals surface area contributed by atoms with E-state index < -0.39 is 20.3 Å². The van der Waals surface area contributed by atoms with Crippen LogP contribution in [0.3, 0.4) is 0 Å². The number of hydrogen-bond donors (Lipinski definition) is 0. The standard InChI is InChI=1S/C10H8Br.C10H15.2C7H7.Zr/c1-7-5-8-3-2-4-10(11)9(8)6-7;1-7-6-10(4,5)9(3)8(7)2;2*1-7-5-3-2-4-6-7;/h2-6H,1H3;1-5H3;2*2-6H,1H2;. The van der Waals surface area contributed by atoms with Crippen LogP contribution in [0.2, 0.25) is 0 Å². The molecule has 2 heteroatoms. The quantitative estimate of drug-likeness (QED) is 0.259. The predicted octanol–water partition coefficient (Wildman–Crippen LogP) is 10.1. The van der Waals surface area contributed by atoms with Crippen molar-refractivity contribution in [1.29, 1.82) is 0 Å². The second-order valence-electron chi connectivity index (χ2n) is 11.4. The first-order valence-corrected chi connectivity index (χ1v) is 20.0. The maximum atomic E-state index is 3.90. The van der Waals surface area contributed by atoms with E-state index in [2.05, 4.69) is 142 Å². The van der Waals surface area contributed by atoms with E-state index in [4.69, 9.17) is 0 Å². The number of fused-ring (bicyclic) bond motifs is 1. The molecule has 0 saturated carbocycles. The van der Waals surface area contributed by atoms with Crippen molar-refractivity contribution in [2.75, 3.05) is 0 Å². The molecular weight excluding hydrogens is 580 g/mol. The van der Waals surface area contributed by atoms with Crippen LogP contribution in [0.15, 0.2) is 109 Å². The minimum atomic E-state index is -3.39. The molecule has 5 rings (SSSR count). The van der Waals surface area contributed by atoms with E-state index in [0.29, 0.717) is 3.63 Å². The molecule has 0 nitrogen and oxygen atoms in total. The molecule has 3 aromatic carbocycles. The van der Waals surface area contributed by atoms with Crippen LogP contribution >= 0.6 is 15.9 Å². The van der Waals surface area contributed by atoms with Crippen LogP contribution < -0.4 is 0 Å². The first kappa shape index (κ1) is 25.9. The van der Waals surface area contributed by atoms with Gasteiger partial charge in [-0.1, -0.05) is 0 Å². The molecule has 2 aliphatic rings. The Balaban J connectivity index is 1.84. The molecule has 0 bridgehead atoms. The van der Waals surface area contributed by atoms with Crippen LogP contribution in [0.25, 0.3) is 6.08 Å². The molecule has 0 fully saturated rings. The van der Waals surface area contributed by atoms with Gasteiger partial charge in [0.2, 0.25) is 0 Å². The summed E-state index contributed by atoms with van der Waals surface area (Å²) in [6.45, 7) is 14.6. The van der Waals surface area contributed by atoms with Crippen LogP contribution in [0.1, 0.15) is 67.4 Å². The Morgan fingerprint density at radius 2 is 1.28 bits per heavy atom. The van der Waals surface area contributed by atoms with Crippen molar-refractivity contribution < 1.29 is 20.3 Å². The molecule has 0 heterocycles. The molecule has 0 spiro atoms. The fraction of sp³-hybridized carbons (Fsp3) is 0.294. The normalized spacial score (nSPS) is 19.1. The molecular formula is C34H37BrZr. The number of allylic oxidation sites excluding steroid dienone is 5. The maximum absolute atomic E-state index is 3.90. The summed E-state index contributed by atoms with van der Waals surface area (Å²) < 4.78 is 5.98. The number of rotatable bonds is 6. The van der Waals surface area contributed by atoms with Crippen molar-refractivity contribution >= 4 is 22.0 Å². The zero-order chi connectivity index (χ0) is 25.7. The molecule has 1 unspecified atom stereocenters.